The van der Waals surface area contributed by atoms with Crippen molar-refractivity contribution >= 4 is 5.91 Å². The van der Waals surface area contributed by atoms with Crippen LogP contribution in [-0.2, 0) is 32.2 Å². The van der Waals surface area contributed by atoms with Gasteiger partial charge >= 0.3 is 0 Å². The van der Waals surface area contributed by atoms with Crippen LogP contribution in [-0.4, -0.2) is 30.8 Å². The molecule has 5 nitrogen and oxygen atoms in total. The Hall–Kier alpha value is -2.63. The van der Waals surface area contributed by atoms with Crippen LogP contribution in [0.15, 0.2) is 73.0 Å². The molecule has 3 atom stereocenters. The van der Waals surface area contributed by atoms with E-state index in [0.29, 0.717) is 19.8 Å². The maximum Gasteiger partial charge on any atom is 0.217 e. The lowest BCUT2D eigenvalue weighted by Crippen LogP contribution is -2.48. The number of hydrogen-bond donors (Lipinski definition) is 1. The highest BCUT2D eigenvalue weighted by molar-refractivity contribution is 5.72. The first-order chi connectivity index (χ1) is 13.2. The van der Waals surface area contributed by atoms with Gasteiger partial charge in [0.15, 0.2) is 0 Å². The third kappa shape index (κ3) is 5.94. The third-order valence-corrected chi connectivity index (χ3v) is 4.33. The molecule has 0 saturated carbocycles. The van der Waals surface area contributed by atoms with Crippen LogP contribution in [0.1, 0.15) is 18.1 Å². The lowest BCUT2D eigenvalue weighted by molar-refractivity contribution is -0.133. The van der Waals surface area contributed by atoms with Gasteiger partial charge in [0, 0.05) is 6.92 Å². The summed E-state index contributed by atoms with van der Waals surface area (Å²) < 4.78 is 18.0. The quantitative estimate of drug-likeness (QED) is 0.778. The SMILES string of the molecule is CC(=O)NC[C@H]1OC=C[C@@H](OCc2ccccc2)[C@@H]1OCc1ccccc1. The van der Waals surface area contributed by atoms with Crippen molar-refractivity contribution in [1.82, 2.24) is 5.32 Å². The fourth-order valence-corrected chi connectivity index (χ4v) is 2.92. The molecular formula is C22H25NO4. The minimum absolute atomic E-state index is 0.100. The van der Waals surface area contributed by atoms with Gasteiger partial charge in [0.1, 0.15) is 18.3 Å². The van der Waals surface area contributed by atoms with Crippen molar-refractivity contribution in [3.8, 4) is 0 Å². The second-order valence-electron chi connectivity index (χ2n) is 6.46. The summed E-state index contributed by atoms with van der Waals surface area (Å²) in [5.74, 6) is -0.100. The maximum atomic E-state index is 11.3. The van der Waals surface area contributed by atoms with E-state index in [9.17, 15) is 4.79 Å². The van der Waals surface area contributed by atoms with Crippen molar-refractivity contribution in [2.24, 2.45) is 0 Å². The highest BCUT2D eigenvalue weighted by Crippen LogP contribution is 2.21. The molecule has 2 aromatic rings. The smallest absolute Gasteiger partial charge is 0.217 e. The Morgan fingerprint density at radius 2 is 1.56 bits per heavy atom. The zero-order valence-electron chi connectivity index (χ0n) is 15.4. The summed E-state index contributed by atoms with van der Waals surface area (Å²) in [7, 11) is 0. The number of amides is 1. The molecular weight excluding hydrogens is 342 g/mol. The number of rotatable bonds is 8. The van der Waals surface area contributed by atoms with Crippen LogP contribution >= 0.6 is 0 Å². The van der Waals surface area contributed by atoms with Crippen molar-refractivity contribution in [1.29, 1.82) is 0 Å². The van der Waals surface area contributed by atoms with Crippen molar-refractivity contribution < 1.29 is 19.0 Å². The fraction of sp³-hybridized carbons (Fsp3) is 0.318. The lowest BCUT2D eigenvalue weighted by Gasteiger charge is -2.34. The molecule has 0 aliphatic carbocycles. The molecule has 142 valence electrons. The number of carbonyl (C=O) groups is 1. The largest absolute Gasteiger partial charge is 0.494 e. The first kappa shape index (κ1) is 19.1. The molecule has 1 amide bonds. The number of hydrogen-bond acceptors (Lipinski definition) is 4. The standard InChI is InChI=1S/C22H25NO4/c1-17(24)23-14-21-22(27-16-19-10-6-3-7-11-19)20(12-13-25-21)26-15-18-8-4-2-5-9-18/h2-13,20-22H,14-16H2,1H3,(H,23,24)/t20-,21-,22+/m1/s1. The van der Waals surface area contributed by atoms with Crippen LogP contribution in [0.4, 0.5) is 0 Å². The first-order valence-corrected chi connectivity index (χ1v) is 9.10. The van der Waals surface area contributed by atoms with E-state index in [-0.39, 0.29) is 24.2 Å². The van der Waals surface area contributed by atoms with Gasteiger partial charge in [-0.15, -0.1) is 0 Å². The molecule has 1 aliphatic rings. The average molecular weight is 367 g/mol. The zero-order valence-corrected chi connectivity index (χ0v) is 15.4. The minimum atomic E-state index is -0.328. The Morgan fingerprint density at radius 3 is 2.15 bits per heavy atom. The number of nitrogens with one attached hydrogen (secondary N) is 1. The monoisotopic (exact) mass is 367 g/mol. The molecule has 0 radical (unpaired) electrons. The molecule has 5 heteroatoms. The van der Waals surface area contributed by atoms with E-state index in [2.05, 4.69) is 5.32 Å². The van der Waals surface area contributed by atoms with Crippen LogP contribution in [0, 0.1) is 0 Å². The highest BCUT2D eigenvalue weighted by atomic mass is 16.6. The third-order valence-electron chi connectivity index (χ3n) is 4.33. The number of ether oxygens (including phenoxy) is 3. The van der Waals surface area contributed by atoms with Gasteiger partial charge in [0.05, 0.1) is 26.0 Å². The van der Waals surface area contributed by atoms with E-state index in [1.54, 1.807) is 6.26 Å². The molecule has 0 spiro atoms. The number of carbonyl (C=O) groups excluding carboxylic acids is 1. The normalized spacial score (nSPS) is 21.4. The summed E-state index contributed by atoms with van der Waals surface area (Å²) in [4.78, 5) is 11.3. The molecule has 1 heterocycles. The Kier molecular flexibility index (Phi) is 7.02. The predicted molar refractivity (Wildman–Crippen MR) is 103 cm³/mol. The minimum Gasteiger partial charge on any atom is -0.494 e. The van der Waals surface area contributed by atoms with Crippen LogP contribution < -0.4 is 5.32 Å². The Morgan fingerprint density at radius 1 is 0.963 bits per heavy atom. The second-order valence-corrected chi connectivity index (χ2v) is 6.46. The molecule has 1 N–H and O–H groups in total. The molecule has 27 heavy (non-hydrogen) atoms. The van der Waals surface area contributed by atoms with Gasteiger partial charge in [0.25, 0.3) is 0 Å². The molecule has 3 rings (SSSR count). The summed E-state index contributed by atoms with van der Waals surface area (Å²) in [5.41, 5.74) is 2.17. The maximum absolute atomic E-state index is 11.3. The summed E-state index contributed by atoms with van der Waals surface area (Å²) in [5, 5.41) is 2.80. The predicted octanol–water partition coefficient (Wildman–Crippen LogP) is 3.21. The van der Waals surface area contributed by atoms with Gasteiger partial charge in [-0.1, -0.05) is 60.7 Å². The highest BCUT2D eigenvalue weighted by Gasteiger charge is 2.34. The molecule has 2 aromatic carbocycles. The van der Waals surface area contributed by atoms with Gasteiger partial charge < -0.3 is 19.5 Å². The van der Waals surface area contributed by atoms with Crippen LogP contribution in [0.2, 0.25) is 0 Å². The topological polar surface area (TPSA) is 56.8 Å². The summed E-state index contributed by atoms with van der Waals surface area (Å²) in [6.07, 6.45) is 2.59. The van der Waals surface area contributed by atoms with Crippen molar-refractivity contribution in [3.63, 3.8) is 0 Å². The Bertz CT molecular complexity index is 732. The summed E-state index contributed by atoms with van der Waals surface area (Å²) in [6.45, 7) is 2.78. The van der Waals surface area contributed by atoms with Gasteiger partial charge in [-0.2, -0.15) is 0 Å². The first-order valence-electron chi connectivity index (χ1n) is 9.10. The van der Waals surface area contributed by atoms with Crippen molar-refractivity contribution in [3.05, 3.63) is 84.1 Å². The van der Waals surface area contributed by atoms with Crippen molar-refractivity contribution in [2.45, 2.75) is 38.4 Å². The molecule has 0 bridgehead atoms. The molecule has 0 fully saturated rings. The van der Waals surface area contributed by atoms with Crippen LogP contribution in [0.3, 0.4) is 0 Å². The van der Waals surface area contributed by atoms with Gasteiger partial charge in [0.2, 0.25) is 5.91 Å². The van der Waals surface area contributed by atoms with E-state index in [0.717, 1.165) is 11.1 Å². The summed E-state index contributed by atoms with van der Waals surface area (Å²) >= 11 is 0. The van der Waals surface area contributed by atoms with E-state index in [1.807, 2.05) is 66.7 Å². The lowest BCUT2D eigenvalue weighted by atomic mass is 10.0. The second kappa shape index (κ2) is 9.90. The summed E-state index contributed by atoms with van der Waals surface area (Å²) in [6, 6.07) is 20.0. The average Bonchev–Trinajstić information content (AvgIpc) is 2.71. The molecule has 1 aliphatic heterocycles. The van der Waals surface area contributed by atoms with E-state index >= 15 is 0 Å². The molecule has 0 saturated heterocycles. The number of benzene rings is 2. The Labute approximate surface area is 159 Å². The van der Waals surface area contributed by atoms with Gasteiger partial charge in [-0.05, 0) is 17.2 Å². The van der Waals surface area contributed by atoms with E-state index in [4.69, 9.17) is 14.2 Å². The van der Waals surface area contributed by atoms with Crippen molar-refractivity contribution in [2.75, 3.05) is 6.54 Å². The molecule has 0 aromatic heterocycles. The van der Waals surface area contributed by atoms with Gasteiger partial charge in [-0.3, -0.25) is 4.79 Å². The van der Waals surface area contributed by atoms with E-state index < -0.39 is 0 Å². The van der Waals surface area contributed by atoms with Crippen LogP contribution in [0.25, 0.3) is 0 Å². The van der Waals surface area contributed by atoms with Gasteiger partial charge in [-0.25, -0.2) is 0 Å². The Balaban J connectivity index is 1.66. The van der Waals surface area contributed by atoms with Crippen LogP contribution in [0.5, 0.6) is 0 Å². The fourth-order valence-electron chi connectivity index (χ4n) is 2.92. The zero-order chi connectivity index (χ0) is 18.9. The molecule has 0 unspecified atom stereocenters. The van der Waals surface area contributed by atoms with E-state index in [1.165, 1.54) is 6.92 Å².